The monoisotopic (exact) mass is 278 g/mol. The summed E-state index contributed by atoms with van der Waals surface area (Å²) in [7, 11) is 0. The van der Waals surface area contributed by atoms with Gasteiger partial charge in [-0.05, 0) is 25.7 Å². The molecular formula is C13H18N4O3. The van der Waals surface area contributed by atoms with Crippen molar-refractivity contribution < 1.29 is 14.7 Å². The van der Waals surface area contributed by atoms with Crippen molar-refractivity contribution in [2.45, 2.75) is 44.7 Å². The third kappa shape index (κ3) is 3.91. The fourth-order valence-electron chi connectivity index (χ4n) is 2.39. The fourth-order valence-corrected chi connectivity index (χ4v) is 2.39. The molecule has 7 nitrogen and oxygen atoms in total. The molecule has 1 heterocycles. The lowest BCUT2D eigenvalue weighted by Crippen LogP contribution is -2.39. The van der Waals surface area contributed by atoms with E-state index in [-0.39, 0.29) is 23.7 Å². The number of nitrogens with zero attached hydrogens (tertiary/aromatic N) is 2. The molecule has 3 N–H and O–H groups in total. The number of rotatable bonds is 4. The van der Waals surface area contributed by atoms with Crippen LogP contribution < -0.4 is 10.6 Å². The Morgan fingerprint density at radius 2 is 1.80 bits per heavy atom. The molecule has 1 aromatic heterocycles. The first kappa shape index (κ1) is 14.2. The molecule has 0 saturated heterocycles. The number of carbonyl (C=O) groups excluding carboxylic acids is 1. The molecule has 0 radical (unpaired) electrons. The molecule has 0 atom stereocenters. The zero-order valence-electron chi connectivity index (χ0n) is 11.3. The van der Waals surface area contributed by atoms with Crippen molar-refractivity contribution >= 4 is 17.7 Å². The first-order valence-electron chi connectivity index (χ1n) is 6.63. The molecule has 2 rings (SSSR count). The summed E-state index contributed by atoms with van der Waals surface area (Å²) in [5.74, 6) is -0.491. The van der Waals surface area contributed by atoms with E-state index in [0.717, 1.165) is 25.7 Å². The highest BCUT2D eigenvalue weighted by Crippen LogP contribution is 2.21. The highest BCUT2D eigenvalue weighted by molar-refractivity contribution is 5.84. The van der Waals surface area contributed by atoms with Crippen LogP contribution >= 0.6 is 0 Å². The molecule has 0 aromatic carbocycles. The first-order chi connectivity index (χ1) is 9.54. The van der Waals surface area contributed by atoms with Crippen molar-refractivity contribution in [1.82, 2.24) is 15.3 Å². The van der Waals surface area contributed by atoms with E-state index in [0.29, 0.717) is 5.82 Å². The lowest BCUT2D eigenvalue weighted by atomic mass is 9.91. The lowest BCUT2D eigenvalue weighted by molar-refractivity contribution is -0.119. The molecule has 0 bridgehead atoms. The number of nitrogens with one attached hydrogen (secondary N) is 2. The number of amides is 1. The summed E-state index contributed by atoms with van der Waals surface area (Å²) in [5.41, 5.74) is -0.0649. The zero-order valence-corrected chi connectivity index (χ0v) is 11.3. The van der Waals surface area contributed by atoms with Crippen LogP contribution in [-0.2, 0) is 4.79 Å². The molecule has 1 aliphatic rings. The normalized spacial score (nSPS) is 22.1. The molecule has 20 heavy (non-hydrogen) atoms. The SMILES string of the molecule is CC(=O)NC1CCC(Nc2cnc(C(=O)O)cn2)CC1. The Labute approximate surface area is 116 Å². The zero-order chi connectivity index (χ0) is 14.5. The Hall–Kier alpha value is -2.18. The van der Waals surface area contributed by atoms with Crippen molar-refractivity contribution in [2.75, 3.05) is 5.32 Å². The van der Waals surface area contributed by atoms with Gasteiger partial charge in [-0.3, -0.25) is 4.79 Å². The van der Waals surface area contributed by atoms with Crippen molar-refractivity contribution in [3.8, 4) is 0 Å². The van der Waals surface area contributed by atoms with E-state index in [1.54, 1.807) is 0 Å². The second kappa shape index (κ2) is 6.31. The number of hydrogen-bond donors (Lipinski definition) is 3. The summed E-state index contributed by atoms with van der Waals surface area (Å²) < 4.78 is 0. The Balaban J connectivity index is 1.83. The molecule has 7 heteroatoms. The van der Waals surface area contributed by atoms with Gasteiger partial charge in [0.2, 0.25) is 5.91 Å². The van der Waals surface area contributed by atoms with Gasteiger partial charge in [0.25, 0.3) is 0 Å². The van der Waals surface area contributed by atoms with Crippen LogP contribution in [0.3, 0.4) is 0 Å². The predicted molar refractivity (Wildman–Crippen MR) is 72.5 cm³/mol. The van der Waals surface area contributed by atoms with E-state index in [1.807, 2.05) is 0 Å². The molecule has 0 spiro atoms. The van der Waals surface area contributed by atoms with E-state index in [2.05, 4.69) is 20.6 Å². The maximum Gasteiger partial charge on any atom is 0.356 e. The standard InChI is InChI=1S/C13H18N4O3/c1-8(18)16-9-2-4-10(5-3-9)17-12-7-14-11(6-15-12)13(19)20/h6-7,9-10H,2-5H2,1H3,(H,15,17)(H,16,18)(H,19,20). The molecule has 0 aliphatic heterocycles. The van der Waals surface area contributed by atoms with Crippen LogP contribution in [0.15, 0.2) is 12.4 Å². The minimum Gasteiger partial charge on any atom is -0.476 e. The fraction of sp³-hybridized carbons (Fsp3) is 0.538. The summed E-state index contributed by atoms with van der Waals surface area (Å²) >= 11 is 0. The Morgan fingerprint density at radius 3 is 2.30 bits per heavy atom. The van der Waals surface area contributed by atoms with Gasteiger partial charge in [0, 0.05) is 19.0 Å². The maximum absolute atomic E-state index is 11.0. The van der Waals surface area contributed by atoms with Crippen LogP contribution in [0.5, 0.6) is 0 Å². The van der Waals surface area contributed by atoms with Gasteiger partial charge in [-0.2, -0.15) is 0 Å². The topological polar surface area (TPSA) is 104 Å². The van der Waals surface area contributed by atoms with Crippen molar-refractivity contribution in [3.05, 3.63) is 18.1 Å². The van der Waals surface area contributed by atoms with Crippen molar-refractivity contribution in [2.24, 2.45) is 0 Å². The predicted octanol–water partition coefficient (Wildman–Crippen LogP) is 1.03. The third-order valence-corrected chi connectivity index (χ3v) is 3.36. The summed E-state index contributed by atoms with van der Waals surface area (Å²) in [6.45, 7) is 1.53. The van der Waals surface area contributed by atoms with Crippen molar-refractivity contribution in [3.63, 3.8) is 0 Å². The molecule has 1 aromatic rings. The van der Waals surface area contributed by atoms with Crippen LogP contribution in [0, 0.1) is 0 Å². The summed E-state index contributed by atoms with van der Waals surface area (Å²) in [5, 5.41) is 14.9. The number of anilines is 1. The minimum absolute atomic E-state index is 0.0107. The van der Waals surface area contributed by atoms with Crippen LogP contribution in [0.1, 0.15) is 43.1 Å². The third-order valence-electron chi connectivity index (χ3n) is 3.36. The van der Waals surface area contributed by atoms with Crippen LogP contribution in [-0.4, -0.2) is 39.0 Å². The minimum atomic E-state index is -1.08. The van der Waals surface area contributed by atoms with Gasteiger partial charge in [-0.15, -0.1) is 0 Å². The number of carbonyl (C=O) groups is 2. The van der Waals surface area contributed by atoms with Crippen LogP contribution in [0.2, 0.25) is 0 Å². The quantitative estimate of drug-likeness (QED) is 0.760. The Bertz CT molecular complexity index is 481. The summed E-state index contributed by atoms with van der Waals surface area (Å²) in [6.07, 6.45) is 6.41. The van der Waals surface area contributed by atoms with E-state index >= 15 is 0 Å². The van der Waals surface area contributed by atoms with Crippen LogP contribution in [0.4, 0.5) is 5.82 Å². The van der Waals surface area contributed by atoms with Crippen LogP contribution in [0.25, 0.3) is 0 Å². The average Bonchev–Trinajstić information content (AvgIpc) is 2.41. The number of carboxylic acids is 1. The van der Waals surface area contributed by atoms with E-state index in [4.69, 9.17) is 5.11 Å². The van der Waals surface area contributed by atoms with Gasteiger partial charge < -0.3 is 15.7 Å². The number of carboxylic acid groups (broad SMARTS) is 1. The Kier molecular flexibility index (Phi) is 4.49. The summed E-state index contributed by atoms with van der Waals surface area (Å²) in [6, 6.07) is 0.538. The van der Waals surface area contributed by atoms with Gasteiger partial charge in [0.1, 0.15) is 5.82 Å². The van der Waals surface area contributed by atoms with E-state index in [9.17, 15) is 9.59 Å². The van der Waals surface area contributed by atoms with Gasteiger partial charge in [-0.25, -0.2) is 14.8 Å². The van der Waals surface area contributed by atoms with E-state index in [1.165, 1.54) is 19.3 Å². The first-order valence-corrected chi connectivity index (χ1v) is 6.63. The smallest absolute Gasteiger partial charge is 0.356 e. The second-order valence-electron chi connectivity index (χ2n) is 4.99. The Morgan fingerprint density at radius 1 is 1.15 bits per heavy atom. The molecule has 108 valence electrons. The molecule has 1 fully saturated rings. The molecule has 1 aliphatic carbocycles. The molecule has 1 amide bonds. The molecule has 1 saturated carbocycles. The maximum atomic E-state index is 11.0. The highest BCUT2D eigenvalue weighted by atomic mass is 16.4. The second-order valence-corrected chi connectivity index (χ2v) is 4.99. The van der Waals surface area contributed by atoms with Gasteiger partial charge in [0.05, 0.1) is 12.4 Å². The van der Waals surface area contributed by atoms with Gasteiger partial charge in [-0.1, -0.05) is 0 Å². The van der Waals surface area contributed by atoms with Gasteiger partial charge in [0.15, 0.2) is 5.69 Å². The van der Waals surface area contributed by atoms with E-state index < -0.39 is 5.97 Å². The number of hydrogen-bond acceptors (Lipinski definition) is 5. The number of aromatic carboxylic acids is 1. The molecule has 0 unspecified atom stereocenters. The highest BCUT2D eigenvalue weighted by Gasteiger charge is 2.21. The molecular weight excluding hydrogens is 260 g/mol. The lowest BCUT2D eigenvalue weighted by Gasteiger charge is -2.29. The summed E-state index contributed by atoms with van der Waals surface area (Å²) in [4.78, 5) is 29.5. The van der Waals surface area contributed by atoms with Gasteiger partial charge >= 0.3 is 5.97 Å². The van der Waals surface area contributed by atoms with Crippen molar-refractivity contribution in [1.29, 1.82) is 0 Å². The largest absolute Gasteiger partial charge is 0.476 e. The number of aromatic nitrogens is 2. The average molecular weight is 278 g/mol.